The predicted octanol–water partition coefficient (Wildman–Crippen LogP) is 2.45. The standard InChI is InChI=1S/C7H4Cl2N2/c8-5-2-7(11)6(9)1-4(5)3-10/h1-2H,11H2. The number of nitriles is 1. The van der Waals surface area contributed by atoms with Crippen LogP contribution in [-0.2, 0) is 0 Å². The summed E-state index contributed by atoms with van der Waals surface area (Å²) in [6, 6.07) is 4.80. The van der Waals surface area contributed by atoms with Crippen LogP contribution in [0.25, 0.3) is 0 Å². The molecule has 0 spiro atoms. The molecule has 0 aliphatic carbocycles. The summed E-state index contributed by atoms with van der Waals surface area (Å²) in [7, 11) is 0. The molecular weight excluding hydrogens is 183 g/mol. The summed E-state index contributed by atoms with van der Waals surface area (Å²) >= 11 is 11.3. The van der Waals surface area contributed by atoms with Crippen molar-refractivity contribution < 1.29 is 0 Å². The molecular formula is C7H4Cl2N2. The maximum atomic E-state index is 8.50. The summed E-state index contributed by atoms with van der Waals surface area (Å²) in [5, 5.41) is 9.18. The van der Waals surface area contributed by atoms with Gasteiger partial charge in [0.05, 0.1) is 21.3 Å². The van der Waals surface area contributed by atoms with Gasteiger partial charge >= 0.3 is 0 Å². The van der Waals surface area contributed by atoms with Gasteiger partial charge in [-0.1, -0.05) is 23.2 Å². The molecule has 0 bridgehead atoms. The van der Waals surface area contributed by atoms with Crippen molar-refractivity contribution >= 4 is 28.9 Å². The minimum Gasteiger partial charge on any atom is -0.397 e. The fourth-order valence-corrected chi connectivity index (χ4v) is 1.03. The molecule has 4 heteroatoms. The van der Waals surface area contributed by atoms with Gasteiger partial charge in [-0.2, -0.15) is 5.26 Å². The summed E-state index contributed by atoms with van der Waals surface area (Å²) in [5.74, 6) is 0. The third-order valence-electron chi connectivity index (χ3n) is 1.21. The van der Waals surface area contributed by atoms with Crippen molar-refractivity contribution in [3.63, 3.8) is 0 Å². The Morgan fingerprint density at radius 2 is 1.91 bits per heavy atom. The molecule has 56 valence electrons. The van der Waals surface area contributed by atoms with E-state index in [1.807, 2.05) is 6.07 Å². The zero-order valence-electron chi connectivity index (χ0n) is 5.44. The van der Waals surface area contributed by atoms with E-state index in [1.165, 1.54) is 12.1 Å². The SMILES string of the molecule is N#Cc1cc(Cl)c(N)cc1Cl. The molecule has 1 rings (SSSR count). The first-order chi connectivity index (χ1) is 5.15. The molecule has 0 radical (unpaired) electrons. The van der Waals surface area contributed by atoms with Gasteiger partial charge in [0, 0.05) is 0 Å². The van der Waals surface area contributed by atoms with Crippen LogP contribution < -0.4 is 5.73 Å². The lowest BCUT2D eigenvalue weighted by Gasteiger charge is -1.98. The van der Waals surface area contributed by atoms with Crippen LogP contribution >= 0.6 is 23.2 Å². The molecule has 0 unspecified atom stereocenters. The number of anilines is 1. The maximum Gasteiger partial charge on any atom is 0.101 e. The highest BCUT2D eigenvalue weighted by molar-refractivity contribution is 6.35. The summed E-state index contributed by atoms with van der Waals surface area (Å²) in [5.41, 5.74) is 6.14. The Balaban J connectivity index is 3.35. The van der Waals surface area contributed by atoms with E-state index in [0.29, 0.717) is 21.3 Å². The van der Waals surface area contributed by atoms with Gasteiger partial charge in [-0.3, -0.25) is 0 Å². The lowest BCUT2D eigenvalue weighted by Crippen LogP contribution is -1.87. The van der Waals surface area contributed by atoms with E-state index in [4.69, 9.17) is 34.2 Å². The highest BCUT2D eigenvalue weighted by Gasteiger charge is 2.03. The Morgan fingerprint density at radius 1 is 1.27 bits per heavy atom. The van der Waals surface area contributed by atoms with E-state index in [-0.39, 0.29) is 0 Å². The molecule has 0 saturated carbocycles. The Kier molecular flexibility index (Phi) is 2.23. The zero-order valence-corrected chi connectivity index (χ0v) is 6.95. The second-order valence-electron chi connectivity index (χ2n) is 1.97. The zero-order chi connectivity index (χ0) is 8.43. The summed E-state index contributed by atoms with van der Waals surface area (Å²) in [6.07, 6.45) is 0. The first-order valence-electron chi connectivity index (χ1n) is 2.79. The topological polar surface area (TPSA) is 49.8 Å². The molecule has 0 fully saturated rings. The minimum absolute atomic E-state index is 0.328. The molecule has 0 aliphatic rings. The van der Waals surface area contributed by atoms with Crippen molar-refractivity contribution in [3.8, 4) is 6.07 Å². The fraction of sp³-hybridized carbons (Fsp3) is 0. The van der Waals surface area contributed by atoms with Crippen LogP contribution in [0.2, 0.25) is 10.0 Å². The number of hydrogen-bond acceptors (Lipinski definition) is 2. The number of halogens is 2. The first-order valence-corrected chi connectivity index (χ1v) is 3.55. The fourth-order valence-electron chi connectivity index (χ4n) is 0.648. The van der Waals surface area contributed by atoms with Gasteiger partial charge < -0.3 is 5.73 Å². The Bertz CT molecular complexity index is 328. The predicted molar refractivity (Wildman–Crippen MR) is 45.6 cm³/mol. The highest BCUT2D eigenvalue weighted by Crippen LogP contribution is 2.26. The van der Waals surface area contributed by atoms with Crippen LogP contribution in [-0.4, -0.2) is 0 Å². The molecule has 0 aliphatic heterocycles. The average molecular weight is 187 g/mol. The quantitative estimate of drug-likeness (QED) is 0.634. The van der Waals surface area contributed by atoms with Crippen LogP contribution in [0.15, 0.2) is 12.1 Å². The second-order valence-corrected chi connectivity index (χ2v) is 2.78. The van der Waals surface area contributed by atoms with E-state index < -0.39 is 0 Å². The smallest absolute Gasteiger partial charge is 0.101 e. The van der Waals surface area contributed by atoms with Crippen molar-refractivity contribution in [1.82, 2.24) is 0 Å². The van der Waals surface area contributed by atoms with Crippen molar-refractivity contribution in [2.75, 3.05) is 5.73 Å². The molecule has 0 aromatic heterocycles. The normalized spacial score (nSPS) is 9.18. The Hall–Kier alpha value is -0.910. The molecule has 2 N–H and O–H groups in total. The number of rotatable bonds is 0. The molecule has 2 nitrogen and oxygen atoms in total. The van der Waals surface area contributed by atoms with E-state index in [1.54, 1.807) is 0 Å². The van der Waals surface area contributed by atoms with Gasteiger partial charge in [0.2, 0.25) is 0 Å². The number of nitrogens with two attached hydrogens (primary N) is 1. The number of hydrogen-bond donors (Lipinski definition) is 1. The van der Waals surface area contributed by atoms with Crippen LogP contribution in [0, 0.1) is 11.3 Å². The summed E-state index contributed by atoms with van der Waals surface area (Å²) in [6.45, 7) is 0. The van der Waals surface area contributed by atoms with Gasteiger partial charge in [-0.05, 0) is 12.1 Å². The largest absolute Gasteiger partial charge is 0.397 e. The molecule has 0 atom stereocenters. The van der Waals surface area contributed by atoms with Gasteiger partial charge in [0.25, 0.3) is 0 Å². The van der Waals surface area contributed by atoms with Gasteiger partial charge in [0.1, 0.15) is 6.07 Å². The Labute approximate surface area is 74.1 Å². The van der Waals surface area contributed by atoms with E-state index in [2.05, 4.69) is 0 Å². The van der Waals surface area contributed by atoms with Crippen LogP contribution in [0.3, 0.4) is 0 Å². The third kappa shape index (κ3) is 1.56. The average Bonchev–Trinajstić information content (AvgIpc) is 1.97. The minimum atomic E-state index is 0.328. The molecule has 0 saturated heterocycles. The van der Waals surface area contributed by atoms with E-state index in [9.17, 15) is 0 Å². The number of benzene rings is 1. The number of nitrogens with zero attached hydrogens (tertiary/aromatic N) is 1. The van der Waals surface area contributed by atoms with Gasteiger partial charge in [0.15, 0.2) is 0 Å². The monoisotopic (exact) mass is 186 g/mol. The van der Waals surface area contributed by atoms with Crippen molar-refractivity contribution in [3.05, 3.63) is 27.7 Å². The highest BCUT2D eigenvalue weighted by atomic mass is 35.5. The van der Waals surface area contributed by atoms with Crippen molar-refractivity contribution in [2.45, 2.75) is 0 Å². The van der Waals surface area contributed by atoms with Crippen LogP contribution in [0.5, 0.6) is 0 Å². The maximum absolute atomic E-state index is 8.50. The molecule has 0 amide bonds. The van der Waals surface area contributed by atoms with Crippen molar-refractivity contribution in [2.24, 2.45) is 0 Å². The number of nitrogen functional groups attached to an aromatic ring is 1. The van der Waals surface area contributed by atoms with Crippen LogP contribution in [0.4, 0.5) is 5.69 Å². The van der Waals surface area contributed by atoms with Crippen molar-refractivity contribution in [1.29, 1.82) is 5.26 Å². The van der Waals surface area contributed by atoms with E-state index in [0.717, 1.165) is 0 Å². The lowest BCUT2D eigenvalue weighted by molar-refractivity contribution is 1.48. The first kappa shape index (κ1) is 8.19. The van der Waals surface area contributed by atoms with Gasteiger partial charge in [-0.25, -0.2) is 0 Å². The van der Waals surface area contributed by atoms with Crippen LogP contribution in [0.1, 0.15) is 5.56 Å². The third-order valence-corrected chi connectivity index (χ3v) is 1.85. The molecule has 11 heavy (non-hydrogen) atoms. The second kappa shape index (κ2) is 3.00. The molecule has 1 aromatic carbocycles. The van der Waals surface area contributed by atoms with E-state index >= 15 is 0 Å². The Morgan fingerprint density at radius 3 is 2.45 bits per heavy atom. The summed E-state index contributed by atoms with van der Waals surface area (Å²) in [4.78, 5) is 0. The molecule has 1 aromatic rings. The van der Waals surface area contributed by atoms with Gasteiger partial charge in [-0.15, -0.1) is 0 Å². The molecule has 0 heterocycles. The lowest BCUT2D eigenvalue weighted by atomic mass is 10.2. The summed E-state index contributed by atoms with van der Waals surface area (Å²) < 4.78 is 0.